The Labute approximate surface area is 117 Å². The molecule has 1 rings (SSSR count). The van der Waals surface area contributed by atoms with Crippen molar-refractivity contribution in [3.8, 4) is 5.75 Å². The van der Waals surface area contributed by atoms with Gasteiger partial charge in [0.05, 0.1) is 7.11 Å². The number of methoxy groups -OCH3 is 1. The predicted molar refractivity (Wildman–Crippen MR) is 72.7 cm³/mol. The van der Waals surface area contributed by atoms with E-state index in [-0.39, 0.29) is 13.0 Å². The van der Waals surface area contributed by atoms with E-state index in [1.54, 1.807) is 19.2 Å². The Hall–Kier alpha value is -2.24. The summed E-state index contributed by atoms with van der Waals surface area (Å²) >= 11 is 0. The molecule has 2 N–H and O–H groups in total. The summed E-state index contributed by atoms with van der Waals surface area (Å²) < 4.78 is 10.0. The molecule has 0 atom stereocenters. The van der Waals surface area contributed by atoms with Crippen LogP contribution >= 0.6 is 0 Å². The van der Waals surface area contributed by atoms with Crippen molar-refractivity contribution in [2.24, 2.45) is 0 Å². The fourth-order valence-electron chi connectivity index (χ4n) is 1.51. The normalized spacial score (nSPS) is 9.85. The molecule has 0 fully saturated rings. The molecule has 0 unspecified atom stereocenters. The van der Waals surface area contributed by atoms with Gasteiger partial charge in [-0.3, -0.25) is 4.79 Å². The second kappa shape index (κ2) is 8.79. The third kappa shape index (κ3) is 6.63. The first-order chi connectivity index (χ1) is 9.61. The van der Waals surface area contributed by atoms with E-state index in [1.807, 2.05) is 12.1 Å². The van der Waals surface area contributed by atoms with Crippen molar-refractivity contribution in [1.82, 2.24) is 5.32 Å². The molecule has 1 aromatic carbocycles. The fourth-order valence-corrected chi connectivity index (χ4v) is 1.51. The van der Waals surface area contributed by atoms with Crippen LogP contribution in [0.3, 0.4) is 0 Å². The Bertz CT molecular complexity index is 430. The standard InChI is InChI=1S/C14H19NO5/c1-19-12-7-5-11(6-8-12)10-20-14(18)15-9-3-2-4-13(16)17/h5-8H,2-4,9-10H2,1H3,(H,15,18)(H,16,17). The smallest absolute Gasteiger partial charge is 0.407 e. The molecule has 0 aromatic heterocycles. The molecule has 1 aromatic rings. The van der Waals surface area contributed by atoms with Gasteiger partial charge in [-0.1, -0.05) is 12.1 Å². The Morgan fingerprint density at radius 3 is 2.50 bits per heavy atom. The van der Waals surface area contributed by atoms with E-state index in [0.29, 0.717) is 19.4 Å². The van der Waals surface area contributed by atoms with E-state index in [4.69, 9.17) is 14.6 Å². The van der Waals surface area contributed by atoms with Gasteiger partial charge in [0.15, 0.2) is 0 Å². The summed E-state index contributed by atoms with van der Waals surface area (Å²) in [4.78, 5) is 21.6. The molecule has 0 heterocycles. The van der Waals surface area contributed by atoms with Gasteiger partial charge in [0, 0.05) is 13.0 Å². The van der Waals surface area contributed by atoms with Gasteiger partial charge in [0.25, 0.3) is 0 Å². The monoisotopic (exact) mass is 281 g/mol. The van der Waals surface area contributed by atoms with Crippen molar-refractivity contribution in [1.29, 1.82) is 0 Å². The molecule has 0 saturated heterocycles. The van der Waals surface area contributed by atoms with Gasteiger partial charge < -0.3 is 19.9 Å². The van der Waals surface area contributed by atoms with Crippen molar-refractivity contribution in [3.63, 3.8) is 0 Å². The maximum absolute atomic E-state index is 11.4. The average Bonchev–Trinajstić information content (AvgIpc) is 2.45. The number of benzene rings is 1. The SMILES string of the molecule is COc1ccc(COC(=O)NCCCCC(=O)O)cc1. The number of rotatable bonds is 8. The molecule has 0 spiro atoms. The van der Waals surface area contributed by atoms with Crippen molar-refractivity contribution >= 4 is 12.1 Å². The molecule has 110 valence electrons. The summed E-state index contributed by atoms with van der Waals surface area (Å²) in [6.45, 7) is 0.597. The molecule has 0 radical (unpaired) electrons. The van der Waals surface area contributed by atoms with Gasteiger partial charge in [0.2, 0.25) is 0 Å². The lowest BCUT2D eigenvalue weighted by Crippen LogP contribution is -2.25. The number of unbranched alkanes of at least 4 members (excludes halogenated alkanes) is 1. The molecule has 1 amide bonds. The Balaban J connectivity index is 2.14. The van der Waals surface area contributed by atoms with Crippen LogP contribution in [0.15, 0.2) is 24.3 Å². The first-order valence-electron chi connectivity index (χ1n) is 6.37. The Kier molecular flexibility index (Phi) is 6.95. The molecular formula is C14H19NO5. The van der Waals surface area contributed by atoms with Crippen LogP contribution in [0.2, 0.25) is 0 Å². The maximum atomic E-state index is 11.4. The molecule has 0 aliphatic carbocycles. The highest BCUT2D eigenvalue weighted by Crippen LogP contribution is 2.11. The van der Waals surface area contributed by atoms with Crippen LogP contribution in [0.4, 0.5) is 4.79 Å². The highest BCUT2D eigenvalue weighted by molar-refractivity contribution is 5.67. The third-order valence-corrected chi connectivity index (χ3v) is 2.62. The first kappa shape index (κ1) is 15.8. The van der Waals surface area contributed by atoms with Gasteiger partial charge in [0.1, 0.15) is 12.4 Å². The van der Waals surface area contributed by atoms with Crippen LogP contribution in [0.5, 0.6) is 5.75 Å². The number of alkyl carbamates (subject to hydrolysis) is 1. The van der Waals surface area contributed by atoms with Crippen LogP contribution in [0, 0.1) is 0 Å². The summed E-state index contributed by atoms with van der Waals surface area (Å²) in [5.74, 6) is -0.0799. The zero-order valence-electron chi connectivity index (χ0n) is 11.4. The summed E-state index contributed by atoms with van der Waals surface area (Å²) in [6, 6.07) is 7.23. The topological polar surface area (TPSA) is 84.9 Å². The Morgan fingerprint density at radius 1 is 1.20 bits per heavy atom. The highest BCUT2D eigenvalue weighted by atomic mass is 16.5. The van der Waals surface area contributed by atoms with Gasteiger partial charge >= 0.3 is 12.1 Å². The predicted octanol–water partition coefficient (Wildman–Crippen LogP) is 2.18. The number of nitrogens with one attached hydrogen (secondary N) is 1. The summed E-state index contributed by atoms with van der Waals surface area (Å²) in [5.41, 5.74) is 0.867. The molecule has 0 saturated carbocycles. The van der Waals surface area contributed by atoms with Gasteiger partial charge in [-0.05, 0) is 30.5 Å². The summed E-state index contributed by atoms with van der Waals surface area (Å²) in [6.07, 6.45) is 0.761. The highest BCUT2D eigenvalue weighted by Gasteiger charge is 2.03. The number of hydrogen-bond acceptors (Lipinski definition) is 4. The fraction of sp³-hybridized carbons (Fsp3) is 0.429. The number of hydrogen-bond donors (Lipinski definition) is 2. The van der Waals surface area contributed by atoms with E-state index < -0.39 is 12.1 Å². The lowest BCUT2D eigenvalue weighted by molar-refractivity contribution is -0.137. The molecule has 0 bridgehead atoms. The molecule has 0 aliphatic rings. The minimum Gasteiger partial charge on any atom is -0.497 e. The largest absolute Gasteiger partial charge is 0.497 e. The number of carboxylic acids is 1. The zero-order valence-corrected chi connectivity index (χ0v) is 11.4. The number of carboxylic acid groups (broad SMARTS) is 1. The summed E-state index contributed by atoms with van der Waals surface area (Å²) in [7, 11) is 1.59. The van der Waals surface area contributed by atoms with Crippen LogP contribution in [0.25, 0.3) is 0 Å². The minimum absolute atomic E-state index is 0.114. The van der Waals surface area contributed by atoms with E-state index >= 15 is 0 Å². The van der Waals surface area contributed by atoms with Crippen LogP contribution < -0.4 is 10.1 Å². The number of carbonyl (C=O) groups is 2. The molecule has 0 aliphatic heterocycles. The van der Waals surface area contributed by atoms with E-state index in [1.165, 1.54) is 0 Å². The molecule has 6 heteroatoms. The average molecular weight is 281 g/mol. The zero-order chi connectivity index (χ0) is 14.8. The van der Waals surface area contributed by atoms with Gasteiger partial charge in [-0.2, -0.15) is 0 Å². The third-order valence-electron chi connectivity index (χ3n) is 2.62. The van der Waals surface area contributed by atoms with Crippen LogP contribution in [0.1, 0.15) is 24.8 Å². The first-order valence-corrected chi connectivity index (χ1v) is 6.37. The lowest BCUT2D eigenvalue weighted by atomic mass is 10.2. The van der Waals surface area contributed by atoms with Gasteiger partial charge in [-0.15, -0.1) is 0 Å². The van der Waals surface area contributed by atoms with Crippen molar-refractivity contribution in [3.05, 3.63) is 29.8 Å². The number of aliphatic carboxylic acids is 1. The van der Waals surface area contributed by atoms with Gasteiger partial charge in [-0.25, -0.2) is 4.79 Å². The maximum Gasteiger partial charge on any atom is 0.407 e. The lowest BCUT2D eigenvalue weighted by Gasteiger charge is -2.07. The van der Waals surface area contributed by atoms with E-state index in [2.05, 4.69) is 5.32 Å². The second-order valence-electron chi connectivity index (χ2n) is 4.20. The van der Waals surface area contributed by atoms with Crippen LogP contribution in [-0.4, -0.2) is 30.8 Å². The molecule has 6 nitrogen and oxygen atoms in total. The van der Waals surface area contributed by atoms with Crippen molar-refractivity contribution in [2.45, 2.75) is 25.9 Å². The number of ether oxygens (including phenoxy) is 2. The van der Waals surface area contributed by atoms with Crippen LogP contribution in [-0.2, 0) is 16.1 Å². The second-order valence-corrected chi connectivity index (χ2v) is 4.20. The van der Waals surface area contributed by atoms with E-state index in [0.717, 1.165) is 11.3 Å². The quantitative estimate of drug-likeness (QED) is 0.713. The summed E-state index contributed by atoms with van der Waals surface area (Å²) in [5, 5.41) is 11.0. The van der Waals surface area contributed by atoms with Crippen molar-refractivity contribution in [2.75, 3.05) is 13.7 Å². The number of carbonyl (C=O) groups excluding carboxylic acids is 1. The van der Waals surface area contributed by atoms with E-state index in [9.17, 15) is 9.59 Å². The minimum atomic E-state index is -0.827. The molecular weight excluding hydrogens is 262 g/mol. The number of amides is 1. The molecule has 20 heavy (non-hydrogen) atoms. The van der Waals surface area contributed by atoms with Crippen molar-refractivity contribution < 1.29 is 24.2 Å². The Morgan fingerprint density at radius 2 is 1.90 bits per heavy atom.